The van der Waals surface area contributed by atoms with Crippen molar-refractivity contribution in [2.45, 2.75) is 66.0 Å². The first-order chi connectivity index (χ1) is 7.49. The molecular formula is C13H30O2Si. The Balaban J connectivity index is 4.15. The molecule has 98 valence electrons. The van der Waals surface area contributed by atoms with Crippen LogP contribution in [0.15, 0.2) is 0 Å². The van der Waals surface area contributed by atoms with Crippen LogP contribution in [0.5, 0.6) is 0 Å². The van der Waals surface area contributed by atoms with Gasteiger partial charge in [-0.3, -0.25) is 0 Å². The average molecular weight is 246 g/mol. The molecule has 0 fully saturated rings. The fourth-order valence-corrected chi connectivity index (χ4v) is 3.56. The molecule has 0 saturated heterocycles. The average Bonchev–Trinajstić information content (AvgIpc) is 2.14. The van der Waals surface area contributed by atoms with Gasteiger partial charge in [0.25, 0.3) is 0 Å². The summed E-state index contributed by atoms with van der Waals surface area (Å²) in [7, 11) is 0.411. The molecule has 0 radical (unpaired) electrons. The first-order valence-corrected chi connectivity index (χ1v) is 8.43. The quantitative estimate of drug-likeness (QED) is 0.577. The molecule has 3 heteroatoms. The Bertz CT molecular complexity index is 150. The van der Waals surface area contributed by atoms with Crippen LogP contribution in [0.2, 0.25) is 6.04 Å². The molecule has 0 rings (SSSR count). The summed E-state index contributed by atoms with van der Waals surface area (Å²) in [6, 6.07) is 1.13. The highest BCUT2D eigenvalue weighted by Gasteiger charge is 2.19. The Hall–Kier alpha value is 0.137. The smallest absolute Gasteiger partial charge is 0.321 e. The molecule has 0 saturated carbocycles. The topological polar surface area (TPSA) is 18.5 Å². The zero-order valence-electron chi connectivity index (χ0n) is 12.0. The van der Waals surface area contributed by atoms with Crippen LogP contribution in [0.25, 0.3) is 0 Å². The van der Waals surface area contributed by atoms with Gasteiger partial charge >= 0.3 is 9.28 Å². The van der Waals surface area contributed by atoms with Gasteiger partial charge in [0, 0.05) is 13.2 Å². The second kappa shape index (κ2) is 9.20. The van der Waals surface area contributed by atoms with Crippen LogP contribution in [0.3, 0.4) is 0 Å². The van der Waals surface area contributed by atoms with Crippen LogP contribution in [-0.4, -0.2) is 22.5 Å². The molecule has 0 bridgehead atoms. The number of rotatable bonds is 9. The Morgan fingerprint density at radius 2 is 1.50 bits per heavy atom. The lowest BCUT2D eigenvalue weighted by Crippen LogP contribution is -2.29. The van der Waals surface area contributed by atoms with Crippen molar-refractivity contribution in [3.05, 3.63) is 0 Å². The molecule has 1 unspecified atom stereocenters. The molecule has 0 N–H and O–H groups in total. The molecule has 0 aliphatic carbocycles. The van der Waals surface area contributed by atoms with Crippen molar-refractivity contribution in [3.8, 4) is 0 Å². The van der Waals surface area contributed by atoms with Crippen LogP contribution in [0.1, 0.15) is 53.9 Å². The van der Waals surface area contributed by atoms with E-state index in [0.29, 0.717) is 17.9 Å². The normalized spacial score (nSPS) is 14.1. The van der Waals surface area contributed by atoms with Gasteiger partial charge < -0.3 is 8.85 Å². The highest BCUT2D eigenvalue weighted by Crippen LogP contribution is 2.18. The molecule has 0 aromatic rings. The molecule has 0 aliphatic rings. The Labute approximate surface area is 104 Å². The van der Waals surface area contributed by atoms with Crippen molar-refractivity contribution in [1.82, 2.24) is 0 Å². The van der Waals surface area contributed by atoms with E-state index < -0.39 is 9.28 Å². The third-order valence-electron chi connectivity index (χ3n) is 2.60. The molecule has 0 aromatic heterocycles. The van der Waals surface area contributed by atoms with Gasteiger partial charge in [-0.05, 0) is 30.7 Å². The first kappa shape index (κ1) is 16.1. The standard InChI is InChI=1S/C13H30O2Si/c1-7-8-16(14-6)15-13(9-11(2)3)10-12(4)5/h11-13,16H,7-10H2,1-6H3. The van der Waals surface area contributed by atoms with Gasteiger partial charge in [-0.15, -0.1) is 0 Å². The Morgan fingerprint density at radius 3 is 1.81 bits per heavy atom. The summed E-state index contributed by atoms with van der Waals surface area (Å²) in [4.78, 5) is 0. The molecule has 1 atom stereocenters. The largest absolute Gasteiger partial charge is 0.400 e. The van der Waals surface area contributed by atoms with Crippen molar-refractivity contribution in [3.63, 3.8) is 0 Å². The molecule has 0 aromatic carbocycles. The van der Waals surface area contributed by atoms with Crippen LogP contribution >= 0.6 is 0 Å². The summed E-state index contributed by atoms with van der Waals surface area (Å²) in [5.74, 6) is 1.41. The van der Waals surface area contributed by atoms with E-state index in [1.54, 1.807) is 7.11 Å². The zero-order chi connectivity index (χ0) is 12.6. The molecule has 16 heavy (non-hydrogen) atoms. The van der Waals surface area contributed by atoms with E-state index in [0.717, 1.165) is 18.9 Å². The molecule has 0 spiro atoms. The van der Waals surface area contributed by atoms with Gasteiger partial charge in [-0.25, -0.2) is 0 Å². The minimum absolute atomic E-state index is 0.406. The van der Waals surface area contributed by atoms with Crippen LogP contribution in [-0.2, 0) is 8.85 Å². The summed E-state index contributed by atoms with van der Waals surface area (Å²) in [5, 5.41) is 0. The zero-order valence-corrected chi connectivity index (χ0v) is 13.1. The highest BCUT2D eigenvalue weighted by molar-refractivity contribution is 6.44. The second-order valence-electron chi connectivity index (χ2n) is 5.47. The molecule has 0 heterocycles. The lowest BCUT2D eigenvalue weighted by Gasteiger charge is -2.25. The monoisotopic (exact) mass is 246 g/mol. The summed E-state index contributed by atoms with van der Waals surface area (Å²) in [6.07, 6.45) is 3.90. The summed E-state index contributed by atoms with van der Waals surface area (Å²) in [6.45, 7) is 11.3. The minimum Gasteiger partial charge on any atom is -0.400 e. The minimum atomic E-state index is -1.39. The predicted molar refractivity (Wildman–Crippen MR) is 73.0 cm³/mol. The fourth-order valence-electron chi connectivity index (χ4n) is 1.95. The second-order valence-corrected chi connectivity index (χ2v) is 7.65. The summed E-state index contributed by atoms with van der Waals surface area (Å²) < 4.78 is 11.7. The van der Waals surface area contributed by atoms with Crippen molar-refractivity contribution in [1.29, 1.82) is 0 Å². The third kappa shape index (κ3) is 8.31. The van der Waals surface area contributed by atoms with Crippen molar-refractivity contribution >= 4 is 9.28 Å². The molecule has 0 aliphatic heterocycles. The summed E-state index contributed by atoms with van der Waals surface area (Å²) in [5.41, 5.74) is 0. The van der Waals surface area contributed by atoms with Gasteiger partial charge in [0.2, 0.25) is 0 Å². The maximum absolute atomic E-state index is 6.18. The van der Waals surface area contributed by atoms with E-state index in [-0.39, 0.29) is 0 Å². The van der Waals surface area contributed by atoms with Crippen molar-refractivity contribution < 1.29 is 8.85 Å². The maximum Gasteiger partial charge on any atom is 0.321 e. The van der Waals surface area contributed by atoms with E-state index in [4.69, 9.17) is 8.85 Å². The third-order valence-corrected chi connectivity index (χ3v) is 4.86. The first-order valence-electron chi connectivity index (χ1n) is 6.67. The van der Waals surface area contributed by atoms with Crippen LogP contribution in [0, 0.1) is 11.8 Å². The lowest BCUT2D eigenvalue weighted by molar-refractivity contribution is 0.112. The van der Waals surface area contributed by atoms with E-state index in [1.807, 2.05) is 0 Å². The highest BCUT2D eigenvalue weighted by atomic mass is 28.3. The van der Waals surface area contributed by atoms with Gasteiger partial charge in [0.15, 0.2) is 0 Å². The van der Waals surface area contributed by atoms with E-state index >= 15 is 0 Å². The van der Waals surface area contributed by atoms with E-state index in [2.05, 4.69) is 34.6 Å². The van der Waals surface area contributed by atoms with E-state index in [1.165, 1.54) is 6.42 Å². The lowest BCUT2D eigenvalue weighted by atomic mass is 9.98. The van der Waals surface area contributed by atoms with Gasteiger partial charge in [0.05, 0.1) is 0 Å². The van der Waals surface area contributed by atoms with E-state index in [9.17, 15) is 0 Å². The van der Waals surface area contributed by atoms with Crippen molar-refractivity contribution in [2.75, 3.05) is 7.11 Å². The van der Waals surface area contributed by atoms with Gasteiger partial charge in [0.1, 0.15) is 0 Å². The Morgan fingerprint density at radius 1 is 1.00 bits per heavy atom. The van der Waals surface area contributed by atoms with Crippen molar-refractivity contribution in [2.24, 2.45) is 11.8 Å². The van der Waals surface area contributed by atoms with Crippen LogP contribution in [0.4, 0.5) is 0 Å². The fraction of sp³-hybridized carbons (Fsp3) is 1.00. The molecule has 0 amide bonds. The Kier molecular flexibility index (Phi) is 9.28. The number of hydrogen-bond acceptors (Lipinski definition) is 2. The molecular weight excluding hydrogens is 216 g/mol. The maximum atomic E-state index is 6.18. The molecule has 2 nitrogen and oxygen atoms in total. The van der Waals surface area contributed by atoms with Gasteiger partial charge in [-0.1, -0.05) is 41.0 Å². The summed E-state index contributed by atoms with van der Waals surface area (Å²) >= 11 is 0. The SMILES string of the molecule is CCC[SiH](OC)OC(CC(C)C)CC(C)C. The number of hydrogen-bond donors (Lipinski definition) is 0. The van der Waals surface area contributed by atoms with Crippen LogP contribution < -0.4 is 0 Å². The predicted octanol–water partition coefficient (Wildman–Crippen LogP) is 3.74. The van der Waals surface area contributed by atoms with Gasteiger partial charge in [-0.2, -0.15) is 0 Å².